The van der Waals surface area contributed by atoms with E-state index in [9.17, 15) is 4.79 Å². The third kappa shape index (κ3) is 2.29. The first kappa shape index (κ1) is 13.1. The fourth-order valence-electron chi connectivity index (χ4n) is 2.60. The monoisotopic (exact) mass is 255 g/mol. The van der Waals surface area contributed by atoms with Crippen molar-refractivity contribution in [1.82, 2.24) is 4.90 Å². The molecule has 3 N–H and O–H groups in total. The molecule has 0 aromatic carbocycles. The lowest BCUT2D eigenvalue weighted by atomic mass is 10.0. The maximum Gasteiger partial charge on any atom is 0.236 e. The molecule has 1 aliphatic carbocycles. The van der Waals surface area contributed by atoms with Gasteiger partial charge in [-0.15, -0.1) is 0 Å². The zero-order chi connectivity index (χ0) is 13.2. The molecular formula is C12H21N3O3. The third-order valence-corrected chi connectivity index (χ3v) is 3.83. The maximum absolute atomic E-state index is 12.4. The van der Waals surface area contributed by atoms with Crippen molar-refractivity contribution in [3.63, 3.8) is 0 Å². The Labute approximate surface area is 107 Å². The van der Waals surface area contributed by atoms with Crippen molar-refractivity contribution in [3.05, 3.63) is 0 Å². The van der Waals surface area contributed by atoms with Crippen LogP contribution >= 0.6 is 0 Å². The molecule has 2 fully saturated rings. The minimum absolute atomic E-state index is 0.0118. The summed E-state index contributed by atoms with van der Waals surface area (Å²) in [7, 11) is 0. The lowest BCUT2D eigenvalue weighted by molar-refractivity contribution is -0.138. The lowest BCUT2D eigenvalue weighted by Crippen LogP contribution is -2.49. The fraction of sp³-hybridized carbons (Fsp3) is 0.833. The second kappa shape index (κ2) is 5.14. The first-order valence-electron chi connectivity index (χ1n) is 6.53. The summed E-state index contributed by atoms with van der Waals surface area (Å²) in [5.41, 5.74) is 4.90. The fourth-order valence-corrected chi connectivity index (χ4v) is 2.60. The number of amidine groups is 1. The number of nitrogens with zero attached hydrogens (tertiary/aromatic N) is 2. The number of hydrogen-bond donors (Lipinski definition) is 2. The summed E-state index contributed by atoms with van der Waals surface area (Å²) in [5.74, 6) is 0.0354. The Morgan fingerprint density at radius 2 is 2.33 bits per heavy atom. The molecule has 1 unspecified atom stereocenters. The molecule has 2 aliphatic rings. The van der Waals surface area contributed by atoms with Crippen molar-refractivity contribution in [2.75, 3.05) is 19.7 Å². The molecule has 2 rings (SSSR count). The Kier molecular flexibility index (Phi) is 3.75. The van der Waals surface area contributed by atoms with E-state index in [4.69, 9.17) is 15.7 Å². The summed E-state index contributed by atoms with van der Waals surface area (Å²) in [4.78, 5) is 14.2. The first-order chi connectivity index (χ1) is 8.64. The van der Waals surface area contributed by atoms with Crippen LogP contribution < -0.4 is 5.73 Å². The Bertz CT molecular complexity index is 350. The molecule has 1 saturated carbocycles. The smallest absolute Gasteiger partial charge is 0.236 e. The van der Waals surface area contributed by atoms with E-state index in [0.717, 1.165) is 19.4 Å². The summed E-state index contributed by atoms with van der Waals surface area (Å²) < 4.78 is 5.58. The van der Waals surface area contributed by atoms with Crippen LogP contribution in [0.2, 0.25) is 0 Å². The number of nitrogens with two attached hydrogens (primary N) is 1. The zero-order valence-electron chi connectivity index (χ0n) is 10.8. The van der Waals surface area contributed by atoms with Gasteiger partial charge in [0, 0.05) is 19.7 Å². The Morgan fingerprint density at radius 1 is 1.61 bits per heavy atom. The number of carbonyl (C=O) groups is 1. The molecule has 1 heterocycles. The molecule has 1 saturated heterocycles. The highest BCUT2D eigenvalue weighted by atomic mass is 16.5. The molecule has 102 valence electrons. The largest absolute Gasteiger partial charge is 0.409 e. The third-order valence-electron chi connectivity index (χ3n) is 3.83. The molecule has 1 aliphatic heterocycles. The van der Waals surface area contributed by atoms with Gasteiger partial charge in [0.2, 0.25) is 5.91 Å². The standard InChI is InChI=1S/C12H21N3O3/c1-2-18-9-4-3-7-15(8-9)11(16)12(5-6-12)10(13)14-17/h9,17H,2-8H2,1H3,(H2,13,14). The number of amides is 1. The SMILES string of the molecule is CCOC1CCCN(C(=O)C2(C(N)=NO)CC2)C1. The molecule has 1 amide bonds. The van der Waals surface area contributed by atoms with Gasteiger partial charge in [-0.3, -0.25) is 4.79 Å². The summed E-state index contributed by atoms with van der Waals surface area (Å²) in [6.07, 6.45) is 3.42. The number of carbonyl (C=O) groups excluding carboxylic acids is 1. The average molecular weight is 255 g/mol. The van der Waals surface area contributed by atoms with Crippen LogP contribution in [0.4, 0.5) is 0 Å². The molecule has 18 heavy (non-hydrogen) atoms. The Balaban J connectivity index is 2.01. The second-order valence-corrected chi connectivity index (χ2v) is 5.04. The summed E-state index contributed by atoms with van der Waals surface area (Å²) in [5, 5.41) is 11.8. The van der Waals surface area contributed by atoms with Crippen LogP contribution in [0.25, 0.3) is 0 Å². The highest BCUT2D eigenvalue weighted by molar-refractivity contribution is 6.09. The van der Waals surface area contributed by atoms with E-state index in [2.05, 4.69) is 5.16 Å². The minimum atomic E-state index is -0.733. The van der Waals surface area contributed by atoms with Gasteiger partial charge in [-0.2, -0.15) is 0 Å². The molecule has 6 heteroatoms. The average Bonchev–Trinajstić information content (AvgIpc) is 3.19. The topological polar surface area (TPSA) is 88.2 Å². The zero-order valence-corrected chi connectivity index (χ0v) is 10.8. The summed E-state index contributed by atoms with van der Waals surface area (Å²) in [6, 6.07) is 0. The molecule has 0 aromatic heterocycles. The van der Waals surface area contributed by atoms with Crippen LogP contribution in [0.3, 0.4) is 0 Å². The molecule has 1 atom stereocenters. The number of piperidine rings is 1. The van der Waals surface area contributed by atoms with Crippen molar-refractivity contribution in [2.24, 2.45) is 16.3 Å². The number of rotatable bonds is 4. The number of ether oxygens (including phenoxy) is 1. The minimum Gasteiger partial charge on any atom is -0.409 e. The molecule has 0 bridgehead atoms. The van der Waals surface area contributed by atoms with Crippen LogP contribution in [0.15, 0.2) is 5.16 Å². The molecule has 0 radical (unpaired) electrons. The quantitative estimate of drug-likeness (QED) is 0.332. The van der Waals surface area contributed by atoms with Gasteiger partial charge < -0.3 is 20.6 Å². The summed E-state index contributed by atoms with van der Waals surface area (Å²) in [6.45, 7) is 3.98. The normalized spacial score (nSPS) is 27.1. The predicted molar refractivity (Wildman–Crippen MR) is 66.3 cm³/mol. The number of oxime groups is 1. The van der Waals surface area contributed by atoms with E-state index in [1.807, 2.05) is 6.92 Å². The van der Waals surface area contributed by atoms with Crippen molar-refractivity contribution >= 4 is 11.7 Å². The first-order valence-corrected chi connectivity index (χ1v) is 6.53. The van der Waals surface area contributed by atoms with Gasteiger partial charge in [0.1, 0.15) is 5.41 Å². The van der Waals surface area contributed by atoms with Gasteiger partial charge in [-0.1, -0.05) is 5.16 Å². The van der Waals surface area contributed by atoms with E-state index < -0.39 is 5.41 Å². The van der Waals surface area contributed by atoms with E-state index in [1.54, 1.807) is 4.90 Å². The van der Waals surface area contributed by atoms with Gasteiger partial charge in [0.25, 0.3) is 0 Å². The van der Waals surface area contributed by atoms with Crippen molar-refractivity contribution in [3.8, 4) is 0 Å². The number of likely N-dealkylation sites (tertiary alicyclic amines) is 1. The van der Waals surface area contributed by atoms with Crippen LogP contribution in [0.5, 0.6) is 0 Å². The molecule has 0 aromatic rings. The second-order valence-electron chi connectivity index (χ2n) is 5.04. The van der Waals surface area contributed by atoms with Gasteiger partial charge in [0.15, 0.2) is 5.84 Å². The van der Waals surface area contributed by atoms with E-state index in [1.165, 1.54) is 0 Å². The van der Waals surface area contributed by atoms with Gasteiger partial charge in [-0.05, 0) is 32.6 Å². The lowest BCUT2D eigenvalue weighted by Gasteiger charge is -2.34. The van der Waals surface area contributed by atoms with Crippen LogP contribution in [-0.2, 0) is 9.53 Å². The molecule has 6 nitrogen and oxygen atoms in total. The van der Waals surface area contributed by atoms with Gasteiger partial charge >= 0.3 is 0 Å². The van der Waals surface area contributed by atoms with Crippen LogP contribution in [0.1, 0.15) is 32.6 Å². The van der Waals surface area contributed by atoms with Crippen molar-refractivity contribution < 1.29 is 14.7 Å². The maximum atomic E-state index is 12.4. The predicted octanol–water partition coefficient (Wildman–Crippen LogP) is 0.541. The highest BCUT2D eigenvalue weighted by Crippen LogP contribution is 2.47. The molecule has 0 spiro atoms. The van der Waals surface area contributed by atoms with Crippen LogP contribution in [0, 0.1) is 5.41 Å². The van der Waals surface area contributed by atoms with Gasteiger partial charge in [-0.25, -0.2) is 0 Å². The van der Waals surface area contributed by atoms with E-state index >= 15 is 0 Å². The van der Waals surface area contributed by atoms with Crippen LogP contribution in [-0.4, -0.2) is 47.7 Å². The number of hydrogen-bond acceptors (Lipinski definition) is 4. The Hall–Kier alpha value is -1.30. The Morgan fingerprint density at radius 3 is 2.89 bits per heavy atom. The summed E-state index contributed by atoms with van der Waals surface area (Å²) >= 11 is 0. The van der Waals surface area contributed by atoms with E-state index in [0.29, 0.717) is 26.0 Å². The molecular weight excluding hydrogens is 234 g/mol. The van der Waals surface area contributed by atoms with Gasteiger partial charge in [0.05, 0.1) is 6.10 Å². The van der Waals surface area contributed by atoms with Crippen molar-refractivity contribution in [1.29, 1.82) is 0 Å². The van der Waals surface area contributed by atoms with E-state index in [-0.39, 0.29) is 17.8 Å². The van der Waals surface area contributed by atoms with Crippen molar-refractivity contribution in [2.45, 2.75) is 38.7 Å². The highest BCUT2D eigenvalue weighted by Gasteiger charge is 2.56.